The van der Waals surface area contributed by atoms with Gasteiger partial charge in [-0.3, -0.25) is 0 Å². The van der Waals surface area contributed by atoms with Crippen molar-refractivity contribution in [3.05, 3.63) is 79.1 Å². The fourth-order valence-corrected chi connectivity index (χ4v) is 3.91. The predicted octanol–water partition coefficient (Wildman–Crippen LogP) is 7.17. The third-order valence-corrected chi connectivity index (χ3v) is 6.06. The summed E-state index contributed by atoms with van der Waals surface area (Å²) in [5.74, 6) is 2.26. The van der Waals surface area contributed by atoms with Crippen LogP contribution >= 0.6 is 0 Å². The maximum absolute atomic E-state index is 10.7. The Morgan fingerprint density at radius 3 is 2.24 bits per heavy atom. The van der Waals surface area contributed by atoms with Crippen molar-refractivity contribution in [2.45, 2.75) is 39.5 Å². The van der Waals surface area contributed by atoms with Crippen molar-refractivity contribution in [1.29, 1.82) is 0 Å². The molecule has 0 saturated carbocycles. The average molecular weight is 454 g/mol. The van der Waals surface area contributed by atoms with E-state index in [-0.39, 0.29) is 5.75 Å². The van der Waals surface area contributed by atoms with Gasteiger partial charge in [-0.1, -0.05) is 87.7 Å². The lowest BCUT2D eigenvalue weighted by atomic mass is 10.0. The standard InChI is InChI=1S/C29H31N3O2/c1-3-5-9-21(4-2)19-34-25-16-17-26(27(33)18-25)29-31-20-30-28(32-29)24-14-12-23(13-15-24)22-10-7-6-8-11-22/h6-8,10-18,20-21,33H,3-5,9,19H2,1-2H3. The second kappa shape index (κ2) is 11.4. The molecule has 3 aromatic carbocycles. The maximum atomic E-state index is 10.7. The minimum Gasteiger partial charge on any atom is -0.507 e. The highest BCUT2D eigenvalue weighted by Crippen LogP contribution is 2.32. The molecule has 1 atom stereocenters. The molecule has 1 N–H and O–H groups in total. The van der Waals surface area contributed by atoms with E-state index in [9.17, 15) is 5.11 Å². The van der Waals surface area contributed by atoms with E-state index in [2.05, 4.69) is 53.1 Å². The van der Waals surface area contributed by atoms with Crippen molar-refractivity contribution in [2.75, 3.05) is 6.61 Å². The normalized spacial score (nSPS) is 11.8. The Kier molecular flexibility index (Phi) is 7.87. The van der Waals surface area contributed by atoms with Gasteiger partial charge in [0.05, 0.1) is 12.2 Å². The molecule has 1 heterocycles. The van der Waals surface area contributed by atoms with E-state index in [4.69, 9.17) is 4.74 Å². The lowest BCUT2D eigenvalue weighted by Crippen LogP contribution is -2.11. The van der Waals surface area contributed by atoms with Crippen LogP contribution in [-0.4, -0.2) is 26.7 Å². The van der Waals surface area contributed by atoms with Gasteiger partial charge in [0.25, 0.3) is 0 Å². The van der Waals surface area contributed by atoms with E-state index in [0.29, 0.717) is 35.5 Å². The van der Waals surface area contributed by atoms with Crippen LogP contribution in [0.4, 0.5) is 0 Å². The van der Waals surface area contributed by atoms with E-state index < -0.39 is 0 Å². The third kappa shape index (κ3) is 5.79. The lowest BCUT2D eigenvalue weighted by Gasteiger charge is -2.16. The summed E-state index contributed by atoms with van der Waals surface area (Å²) in [7, 11) is 0. The summed E-state index contributed by atoms with van der Waals surface area (Å²) in [5.41, 5.74) is 3.73. The van der Waals surface area contributed by atoms with E-state index >= 15 is 0 Å². The molecule has 5 heteroatoms. The van der Waals surface area contributed by atoms with Gasteiger partial charge in [-0.25, -0.2) is 15.0 Å². The number of nitrogens with zero attached hydrogens (tertiary/aromatic N) is 3. The van der Waals surface area contributed by atoms with Crippen LogP contribution in [0.1, 0.15) is 39.5 Å². The summed E-state index contributed by atoms with van der Waals surface area (Å²) in [4.78, 5) is 13.2. The van der Waals surface area contributed by atoms with Crippen LogP contribution in [-0.2, 0) is 0 Å². The number of aromatic nitrogens is 3. The largest absolute Gasteiger partial charge is 0.507 e. The highest BCUT2D eigenvalue weighted by atomic mass is 16.5. The van der Waals surface area contributed by atoms with Gasteiger partial charge in [0.15, 0.2) is 11.6 Å². The van der Waals surface area contributed by atoms with Crippen molar-refractivity contribution in [2.24, 2.45) is 5.92 Å². The van der Waals surface area contributed by atoms with Crippen molar-refractivity contribution in [3.8, 4) is 45.4 Å². The summed E-state index contributed by atoms with van der Waals surface area (Å²) in [6.07, 6.45) is 6.13. The minimum atomic E-state index is 0.0932. The van der Waals surface area contributed by atoms with E-state index in [1.807, 2.05) is 36.4 Å². The van der Waals surface area contributed by atoms with Crippen LogP contribution in [0, 0.1) is 5.92 Å². The molecule has 1 unspecified atom stereocenters. The smallest absolute Gasteiger partial charge is 0.167 e. The first kappa shape index (κ1) is 23.4. The molecule has 1 aromatic heterocycles. The van der Waals surface area contributed by atoms with Gasteiger partial charge in [0, 0.05) is 11.6 Å². The fourth-order valence-electron chi connectivity index (χ4n) is 3.91. The second-order valence-corrected chi connectivity index (χ2v) is 8.48. The SMILES string of the molecule is CCCCC(CC)COc1ccc(-c2ncnc(-c3ccc(-c4ccccc4)cc3)n2)c(O)c1. The van der Waals surface area contributed by atoms with Crippen molar-refractivity contribution in [1.82, 2.24) is 15.0 Å². The molecule has 0 aliphatic heterocycles. The Morgan fingerprint density at radius 1 is 0.824 bits per heavy atom. The molecular weight excluding hydrogens is 422 g/mol. The van der Waals surface area contributed by atoms with Crippen LogP contribution in [0.2, 0.25) is 0 Å². The Morgan fingerprint density at radius 2 is 1.53 bits per heavy atom. The number of hydrogen-bond acceptors (Lipinski definition) is 5. The van der Waals surface area contributed by atoms with Crippen molar-refractivity contribution < 1.29 is 9.84 Å². The summed E-state index contributed by atoms with van der Waals surface area (Å²) in [6.45, 7) is 5.05. The molecule has 4 aromatic rings. The van der Waals surface area contributed by atoms with Gasteiger partial charge in [0.1, 0.15) is 17.8 Å². The molecular formula is C29H31N3O2. The van der Waals surface area contributed by atoms with Crippen molar-refractivity contribution >= 4 is 0 Å². The Balaban J connectivity index is 1.49. The number of aromatic hydroxyl groups is 1. The van der Waals surface area contributed by atoms with Crippen LogP contribution < -0.4 is 4.74 Å². The maximum Gasteiger partial charge on any atom is 0.167 e. The van der Waals surface area contributed by atoms with E-state index in [1.54, 1.807) is 12.1 Å². The fraction of sp³-hybridized carbons (Fsp3) is 0.276. The second-order valence-electron chi connectivity index (χ2n) is 8.48. The quantitative estimate of drug-likeness (QED) is 0.276. The molecule has 0 fully saturated rings. The first-order chi connectivity index (χ1) is 16.7. The van der Waals surface area contributed by atoms with Gasteiger partial charge in [-0.15, -0.1) is 0 Å². The first-order valence-electron chi connectivity index (χ1n) is 12.0. The molecule has 5 nitrogen and oxygen atoms in total. The molecule has 0 bridgehead atoms. The van der Waals surface area contributed by atoms with Gasteiger partial charge < -0.3 is 9.84 Å². The summed E-state index contributed by atoms with van der Waals surface area (Å²) < 4.78 is 5.96. The van der Waals surface area contributed by atoms with E-state index in [0.717, 1.165) is 29.5 Å². The highest BCUT2D eigenvalue weighted by molar-refractivity contribution is 5.69. The van der Waals surface area contributed by atoms with Crippen LogP contribution in [0.15, 0.2) is 79.1 Å². The molecule has 34 heavy (non-hydrogen) atoms. The van der Waals surface area contributed by atoms with E-state index in [1.165, 1.54) is 19.2 Å². The molecule has 0 aliphatic carbocycles. The highest BCUT2D eigenvalue weighted by Gasteiger charge is 2.13. The molecule has 0 aliphatic rings. The number of benzene rings is 3. The Bertz CT molecular complexity index is 1190. The topological polar surface area (TPSA) is 68.1 Å². The van der Waals surface area contributed by atoms with Gasteiger partial charge >= 0.3 is 0 Å². The summed E-state index contributed by atoms with van der Waals surface area (Å²) in [5, 5.41) is 10.7. The number of phenolic OH excluding ortho intramolecular Hbond substituents is 1. The summed E-state index contributed by atoms with van der Waals surface area (Å²) >= 11 is 0. The monoisotopic (exact) mass is 453 g/mol. The summed E-state index contributed by atoms with van der Waals surface area (Å²) in [6, 6.07) is 23.6. The number of unbranched alkanes of at least 4 members (excludes halogenated alkanes) is 1. The van der Waals surface area contributed by atoms with Gasteiger partial charge in [-0.2, -0.15) is 0 Å². The zero-order chi connectivity index (χ0) is 23.8. The molecule has 0 spiro atoms. The third-order valence-electron chi connectivity index (χ3n) is 6.06. The number of hydrogen-bond donors (Lipinski definition) is 1. The molecule has 0 radical (unpaired) electrons. The van der Waals surface area contributed by atoms with Gasteiger partial charge in [0.2, 0.25) is 0 Å². The van der Waals surface area contributed by atoms with Crippen LogP contribution in [0.3, 0.4) is 0 Å². The first-order valence-corrected chi connectivity index (χ1v) is 12.0. The zero-order valence-electron chi connectivity index (χ0n) is 19.8. The van der Waals surface area contributed by atoms with Crippen LogP contribution in [0.5, 0.6) is 11.5 Å². The number of phenols is 1. The molecule has 4 rings (SSSR count). The molecule has 0 saturated heterocycles. The predicted molar refractivity (Wildman–Crippen MR) is 137 cm³/mol. The zero-order valence-corrected chi connectivity index (χ0v) is 19.8. The average Bonchev–Trinajstić information content (AvgIpc) is 2.89. The van der Waals surface area contributed by atoms with Crippen molar-refractivity contribution in [3.63, 3.8) is 0 Å². The number of rotatable bonds is 10. The lowest BCUT2D eigenvalue weighted by molar-refractivity contribution is 0.232. The Hall–Kier alpha value is -3.73. The molecule has 174 valence electrons. The minimum absolute atomic E-state index is 0.0932. The van der Waals surface area contributed by atoms with Crippen LogP contribution in [0.25, 0.3) is 33.9 Å². The molecule has 0 amide bonds. The van der Waals surface area contributed by atoms with Gasteiger partial charge in [-0.05, 0) is 35.6 Å². The Labute approximate surface area is 201 Å². The number of ether oxygens (including phenoxy) is 1.